The average Bonchev–Trinajstić information content (AvgIpc) is 3.11. The van der Waals surface area contributed by atoms with Gasteiger partial charge in [0.2, 0.25) is 0 Å². The van der Waals surface area contributed by atoms with Gasteiger partial charge in [0.25, 0.3) is 0 Å². The molecule has 106 valence electrons. The maximum absolute atomic E-state index is 5.96. The maximum Gasteiger partial charge on any atom is 0.193 e. The Morgan fingerprint density at radius 3 is 2.89 bits per heavy atom. The van der Waals surface area contributed by atoms with Crippen LogP contribution in [0.2, 0.25) is 4.34 Å². The third kappa shape index (κ3) is 5.03. The number of aliphatic imine (C=N–C) groups is 1. The maximum atomic E-state index is 5.96. The lowest BCUT2D eigenvalue weighted by Crippen LogP contribution is -2.38. The smallest absolute Gasteiger partial charge is 0.193 e. The number of guanidine groups is 1. The van der Waals surface area contributed by atoms with E-state index in [1.54, 1.807) is 11.3 Å². The van der Waals surface area contributed by atoms with Crippen LogP contribution in [0.15, 0.2) is 17.1 Å². The molecule has 0 atom stereocenters. The lowest BCUT2D eigenvalue weighted by Gasteiger charge is -2.21. The van der Waals surface area contributed by atoms with Gasteiger partial charge in [-0.25, -0.2) is 0 Å². The van der Waals surface area contributed by atoms with Crippen molar-refractivity contribution in [3.63, 3.8) is 0 Å². The molecule has 1 aliphatic carbocycles. The van der Waals surface area contributed by atoms with Crippen molar-refractivity contribution in [3.8, 4) is 0 Å². The van der Waals surface area contributed by atoms with Crippen molar-refractivity contribution in [2.75, 3.05) is 20.1 Å². The summed E-state index contributed by atoms with van der Waals surface area (Å²) in [6, 6.07) is 4.03. The van der Waals surface area contributed by atoms with Gasteiger partial charge in [0, 0.05) is 25.0 Å². The summed E-state index contributed by atoms with van der Waals surface area (Å²) in [5.74, 6) is 1.93. The van der Waals surface area contributed by atoms with Crippen molar-refractivity contribution in [1.29, 1.82) is 0 Å². The zero-order chi connectivity index (χ0) is 13.7. The minimum absolute atomic E-state index is 0.846. The summed E-state index contributed by atoms with van der Waals surface area (Å²) in [5.41, 5.74) is 0. The lowest BCUT2D eigenvalue weighted by molar-refractivity contribution is 0.480. The third-order valence-electron chi connectivity index (χ3n) is 3.21. The van der Waals surface area contributed by atoms with Gasteiger partial charge in [-0.1, -0.05) is 24.4 Å². The standard InChI is InChI=1S/C14H22ClN3S/c1-3-16-14(17-9-8-11-4-5-11)18(2)10-12-6-7-13(15)19-12/h6-7,11H,3-5,8-10H2,1-2H3,(H,16,17). The van der Waals surface area contributed by atoms with Gasteiger partial charge < -0.3 is 10.2 Å². The van der Waals surface area contributed by atoms with E-state index >= 15 is 0 Å². The predicted molar refractivity (Wildman–Crippen MR) is 84.1 cm³/mol. The molecule has 0 aliphatic heterocycles. The number of thiophene rings is 1. The van der Waals surface area contributed by atoms with Crippen LogP contribution in [0.25, 0.3) is 0 Å². The van der Waals surface area contributed by atoms with Crippen LogP contribution in [0.3, 0.4) is 0 Å². The minimum atomic E-state index is 0.846. The molecule has 1 N–H and O–H groups in total. The summed E-state index contributed by atoms with van der Waals surface area (Å²) < 4.78 is 0.846. The summed E-state index contributed by atoms with van der Waals surface area (Å²) in [6.45, 7) is 4.79. The molecule has 0 amide bonds. The Balaban J connectivity index is 1.88. The Bertz CT molecular complexity index is 426. The van der Waals surface area contributed by atoms with E-state index in [1.807, 2.05) is 6.07 Å². The van der Waals surface area contributed by atoms with Gasteiger partial charge in [0.15, 0.2) is 5.96 Å². The van der Waals surface area contributed by atoms with Crippen molar-refractivity contribution >= 4 is 28.9 Å². The SMILES string of the molecule is CCNC(=NCCC1CC1)N(C)Cc1ccc(Cl)s1. The van der Waals surface area contributed by atoms with E-state index in [4.69, 9.17) is 16.6 Å². The highest BCUT2D eigenvalue weighted by atomic mass is 35.5. The molecule has 1 fully saturated rings. The van der Waals surface area contributed by atoms with Crippen molar-refractivity contribution < 1.29 is 0 Å². The van der Waals surface area contributed by atoms with E-state index in [-0.39, 0.29) is 0 Å². The summed E-state index contributed by atoms with van der Waals surface area (Å²) in [5, 5.41) is 3.35. The van der Waals surface area contributed by atoms with Crippen LogP contribution in [0.5, 0.6) is 0 Å². The van der Waals surface area contributed by atoms with Crippen molar-refractivity contribution in [2.24, 2.45) is 10.9 Å². The van der Waals surface area contributed by atoms with E-state index in [1.165, 1.54) is 24.1 Å². The highest BCUT2D eigenvalue weighted by Crippen LogP contribution is 2.32. The quantitative estimate of drug-likeness (QED) is 0.642. The van der Waals surface area contributed by atoms with Crippen molar-refractivity contribution in [1.82, 2.24) is 10.2 Å². The fourth-order valence-corrected chi connectivity index (χ4v) is 3.12. The van der Waals surface area contributed by atoms with Gasteiger partial charge >= 0.3 is 0 Å². The Hall–Kier alpha value is -0.740. The number of hydrogen-bond acceptors (Lipinski definition) is 2. The molecule has 0 bridgehead atoms. The van der Waals surface area contributed by atoms with Gasteiger partial charge in [-0.3, -0.25) is 4.99 Å². The van der Waals surface area contributed by atoms with Gasteiger partial charge in [0.1, 0.15) is 0 Å². The lowest BCUT2D eigenvalue weighted by atomic mass is 10.3. The summed E-state index contributed by atoms with van der Waals surface area (Å²) >= 11 is 7.60. The first-order valence-electron chi connectivity index (χ1n) is 6.92. The van der Waals surface area contributed by atoms with E-state index in [0.717, 1.165) is 35.8 Å². The second kappa shape index (κ2) is 7.15. The molecule has 0 saturated heterocycles. The van der Waals surface area contributed by atoms with Gasteiger partial charge in [0.05, 0.1) is 10.9 Å². The van der Waals surface area contributed by atoms with Crippen molar-refractivity contribution in [2.45, 2.75) is 32.7 Å². The second-order valence-corrected chi connectivity index (χ2v) is 6.83. The number of rotatable bonds is 6. The zero-order valence-corrected chi connectivity index (χ0v) is 13.2. The van der Waals surface area contributed by atoms with E-state index in [0.29, 0.717) is 0 Å². The Morgan fingerprint density at radius 2 is 2.32 bits per heavy atom. The van der Waals surface area contributed by atoms with Crippen LogP contribution in [0.4, 0.5) is 0 Å². The summed E-state index contributed by atoms with van der Waals surface area (Å²) in [4.78, 5) is 8.13. The Kier molecular flexibility index (Phi) is 5.52. The van der Waals surface area contributed by atoms with E-state index < -0.39 is 0 Å². The van der Waals surface area contributed by atoms with Crippen LogP contribution in [-0.2, 0) is 6.54 Å². The topological polar surface area (TPSA) is 27.6 Å². The summed E-state index contributed by atoms with van der Waals surface area (Å²) in [6.07, 6.45) is 4.03. The fourth-order valence-electron chi connectivity index (χ4n) is 1.97. The van der Waals surface area contributed by atoms with Crippen LogP contribution < -0.4 is 5.32 Å². The molecule has 1 aromatic heterocycles. The summed E-state index contributed by atoms with van der Waals surface area (Å²) in [7, 11) is 2.08. The molecule has 0 spiro atoms. The molecule has 3 nitrogen and oxygen atoms in total. The molecule has 1 saturated carbocycles. The van der Waals surface area contributed by atoms with Gasteiger partial charge in [-0.15, -0.1) is 11.3 Å². The molecule has 2 rings (SSSR count). The molecule has 0 unspecified atom stereocenters. The van der Waals surface area contributed by atoms with Crippen LogP contribution in [0.1, 0.15) is 31.1 Å². The highest BCUT2D eigenvalue weighted by molar-refractivity contribution is 7.16. The number of hydrogen-bond donors (Lipinski definition) is 1. The van der Waals surface area contributed by atoms with E-state index in [2.05, 4.69) is 30.3 Å². The minimum Gasteiger partial charge on any atom is -0.357 e. The third-order valence-corrected chi connectivity index (χ3v) is 4.43. The molecule has 1 aliphatic rings. The number of nitrogens with one attached hydrogen (secondary N) is 1. The molecule has 0 radical (unpaired) electrons. The molecule has 0 aromatic carbocycles. The Labute approximate surface area is 124 Å². The van der Waals surface area contributed by atoms with Crippen LogP contribution in [0, 0.1) is 5.92 Å². The first-order valence-corrected chi connectivity index (χ1v) is 8.12. The zero-order valence-electron chi connectivity index (χ0n) is 11.7. The average molecular weight is 300 g/mol. The van der Waals surface area contributed by atoms with E-state index in [9.17, 15) is 0 Å². The molecule has 1 heterocycles. The first-order chi connectivity index (χ1) is 9.19. The van der Waals surface area contributed by atoms with Crippen LogP contribution in [-0.4, -0.2) is 31.0 Å². The monoisotopic (exact) mass is 299 g/mol. The normalized spacial score (nSPS) is 15.6. The van der Waals surface area contributed by atoms with Crippen molar-refractivity contribution in [3.05, 3.63) is 21.3 Å². The molecular formula is C14H22ClN3S. The number of nitrogens with zero attached hydrogens (tertiary/aromatic N) is 2. The first kappa shape index (κ1) is 14.7. The largest absolute Gasteiger partial charge is 0.357 e. The number of halogens is 1. The Morgan fingerprint density at radius 1 is 1.53 bits per heavy atom. The molecule has 5 heteroatoms. The molecular weight excluding hydrogens is 278 g/mol. The van der Waals surface area contributed by atoms with Gasteiger partial charge in [-0.05, 0) is 31.4 Å². The highest BCUT2D eigenvalue weighted by Gasteiger charge is 2.20. The second-order valence-electron chi connectivity index (χ2n) is 5.03. The molecule has 19 heavy (non-hydrogen) atoms. The molecule has 1 aromatic rings. The predicted octanol–water partition coefficient (Wildman–Crippen LogP) is 3.60. The van der Waals surface area contributed by atoms with Gasteiger partial charge in [-0.2, -0.15) is 0 Å². The van der Waals surface area contributed by atoms with Crippen LogP contribution >= 0.6 is 22.9 Å². The fraction of sp³-hybridized carbons (Fsp3) is 0.643.